The first-order valence-corrected chi connectivity index (χ1v) is 10.3. The molecule has 0 saturated heterocycles. The molecule has 2 aromatic carbocycles. The topological polar surface area (TPSA) is 71.8 Å². The first-order valence-electron chi connectivity index (χ1n) is 10.3. The Morgan fingerprint density at radius 2 is 1.87 bits per heavy atom. The molecular formula is C24H23N5O. The van der Waals surface area contributed by atoms with Gasteiger partial charge in [-0.2, -0.15) is 5.10 Å². The van der Waals surface area contributed by atoms with Crippen LogP contribution in [0.4, 0.5) is 5.82 Å². The monoisotopic (exact) mass is 397 g/mol. The van der Waals surface area contributed by atoms with Gasteiger partial charge in [0.1, 0.15) is 5.82 Å². The first-order chi connectivity index (χ1) is 14.8. The SMILES string of the molecule is O=C(NC1CC1)c1cc(NCCc2cnn(-c3ccccc3)c2)nc2ccccc12. The minimum atomic E-state index is -0.0247. The second-order valence-corrected chi connectivity index (χ2v) is 7.63. The van der Waals surface area contributed by atoms with E-state index in [1.807, 2.05) is 77.7 Å². The van der Waals surface area contributed by atoms with E-state index >= 15 is 0 Å². The number of benzene rings is 2. The number of fused-ring (bicyclic) bond motifs is 1. The van der Waals surface area contributed by atoms with Crippen LogP contribution in [0.15, 0.2) is 73.1 Å². The number of para-hydroxylation sites is 2. The number of carbonyl (C=O) groups excluding carboxylic acids is 1. The number of aromatic nitrogens is 3. The standard InChI is InChI=1S/C24H23N5O/c30-24(27-18-10-11-18)21-14-23(28-22-9-5-4-8-20(21)22)25-13-12-17-15-26-29(16-17)19-6-2-1-3-7-19/h1-9,14-16,18H,10-13H2,(H,25,28)(H,27,30). The molecule has 1 aliphatic rings. The van der Waals surface area contributed by atoms with Crippen LogP contribution < -0.4 is 10.6 Å². The van der Waals surface area contributed by atoms with Gasteiger partial charge in [0, 0.05) is 24.2 Å². The fourth-order valence-electron chi connectivity index (χ4n) is 3.49. The summed E-state index contributed by atoms with van der Waals surface area (Å²) < 4.78 is 1.88. The molecule has 0 radical (unpaired) electrons. The molecule has 1 aliphatic carbocycles. The normalized spacial score (nSPS) is 13.3. The highest BCUT2D eigenvalue weighted by molar-refractivity contribution is 6.07. The average Bonchev–Trinajstić information content (AvgIpc) is 3.47. The smallest absolute Gasteiger partial charge is 0.252 e. The summed E-state index contributed by atoms with van der Waals surface area (Å²) in [6.45, 7) is 0.704. The fourth-order valence-corrected chi connectivity index (χ4v) is 3.49. The van der Waals surface area contributed by atoms with Crippen molar-refractivity contribution in [2.45, 2.75) is 25.3 Å². The second-order valence-electron chi connectivity index (χ2n) is 7.63. The Kier molecular flexibility index (Phi) is 4.89. The van der Waals surface area contributed by atoms with Gasteiger partial charge in [-0.25, -0.2) is 9.67 Å². The van der Waals surface area contributed by atoms with E-state index < -0.39 is 0 Å². The van der Waals surface area contributed by atoms with Crippen LogP contribution in [0.5, 0.6) is 0 Å². The molecule has 0 unspecified atom stereocenters. The Hall–Kier alpha value is -3.67. The lowest BCUT2D eigenvalue weighted by atomic mass is 10.1. The molecule has 2 heterocycles. The van der Waals surface area contributed by atoms with E-state index in [0.717, 1.165) is 41.4 Å². The van der Waals surface area contributed by atoms with Gasteiger partial charge in [-0.1, -0.05) is 36.4 Å². The number of nitrogens with zero attached hydrogens (tertiary/aromatic N) is 3. The van der Waals surface area contributed by atoms with Crippen LogP contribution >= 0.6 is 0 Å². The van der Waals surface area contributed by atoms with Crippen molar-refractivity contribution < 1.29 is 4.79 Å². The molecule has 2 N–H and O–H groups in total. The van der Waals surface area contributed by atoms with Gasteiger partial charge in [-0.15, -0.1) is 0 Å². The lowest BCUT2D eigenvalue weighted by molar-refractivity contribution is 0.0952. The highest BCUT2D eigenvalue weighted by Crippen LogP contribution is 2.24. The van der Waals surface area contributed by atoms with E-state index in [4.69, 9.17) is 0 Å². The van der Waals surface area contributed by atoms with E-state index in [1.165, 1.54) is 0 Å². The van der Waals surface area contributed by atoms with Crippen LogP contribution in [0.1, 0.15) is 28.8 Å². The minimum absolute atomic E-state index is 0.0247. The third-order valence-electron chi connectivity index (χ3n) is 5.25. The van der Waals surface area contributed by atoms with E-state index in [0.29, 0.717) is 24.0 Å². The van der Waals surface area contributed by atoms with Gasteiger partial charge in [0.2, 0.25) is 0 Å². The molecule has 30 heavy (non-hydrogen) atoms. The summed E-state index contributed by atoms with van der Waals surface area (Å²) in [5.74, 6) is 0.688. The van der Waals surface area contributed by atoms with Crippen molar-refractivity contribution in [3.8, 4) is 5.69 Å². The Morgan fingerprint density at radius 1 is 1.07 bits per heavy atom. The van der Waals surface area contributed by atoms with Crippen molar-refractivity contribution in [2.24, 2.45) is 0 Å². The molecule has 6 nitrogen and oxygen atoms in total. The fraction of sp³-hybridized carbons (Fsp3) is 0.208. The van der Waals surface area contributed by atoms with Gasteiger partial charge in [0.25, 0.3) is 5.91 Å². The van der Waals surface area contributed by atoms with Crippen molar-refractivity contribution >= 4 is 22.6 Å². The summed E-state index contributed by atoms with van der Waals surface area (Å²) in [6.07, 6.45) is 6.87. The number of anilines is 1. The number of rotatable bonds is 7. The van der Waals surface area contributed by atoms with Gasteiger partial charge >= 0.3 is 0 Å². The van der Waals surface area contributed by atoms with Crippen molar-refractivity contribution in [2.75, 3.05) is 11.9 Å². The maximum absolute atomic E-state index is 12.7. The van der Waals surface area contributed by atoms with Gasteiger partial charge < -0.3 is 10.6 Å². The van der Waals surface area contributed by atoms with Crippen LogP contribution in [-0.4, -0.2) is 33.3 Å². The third kappa shape index (κ3) is 4.03. The summed E-state index contributed by atoms with van der Waals surface area (Å²) >= 11 is 0. The van der Waals surface area contributed by atoms with E-state index in [-0.39, 0.29) is 5.91 Å². The van der Waals surface area contributed by atoms with Gasteiger partial charge in [-0.3, -0.25) is 4.79 Å². The van der Waals surface area contributed by atoms with Crippen LogP contribution in [-0.2, 0) is 6.42 Å². The molecule has 1 fully saturated rings. The zero-order chi connectivity index (χ0) is 20.3. The third-order valence-corrected chi connectivity index (χ3v) is 5.25. The Bertz CT molecular complexity index is 1180. The predicted octanol–water partition coefficient (Wildman–Crippen LogP) is 3.97. The number of hydrogen-bond donors (Lipinski definition) is 2. The van der Waals surface area contributed by atoms with Gasteiger partial charge in [-0.05, 0) is 49.1 Å². The molecule has 1 saturated carbocycles. The first kappa shape index (κ1) is 18.4. The van der Waals surface area contributed by atoms with Crippen LogP contribution in [0.25, 0.3) is 16.6 Å². The molecule has 4 aromatic rings. The quantitative estimate of drug-likeness (QED) is 0.495. The van der Waals surface area contributed by atoms with Crippen molar-refractivity contribution in [1.29, 1.82) is 0 Å². The zero-order valence-corrected chi connectivity index (χ0v) is 16.6. The van der Waals surface area contributed by atoms with Crippen LogP contribution in [0.3, 0.4) is 0 Å². The van der Waals surface area contributed by atoms with Gasteiger partial charge in [0.05, 0.1) is 23.0 Å². The van der Waals surface area contributed by atoms with E-state index in [1.54, 1.807) is 0 Å². The summed E-state index contributed by atoms with van der Waals surface area (Å²) in [7, 11) is 0. The molecule has 6 heteroatoms. The maximum atomic E-state index is 12.7. The van der Waals surface area contributed by atoms with E-state index in [2.05, 4.69) is 20.7 Å². The number of pyridine rings is 1. The molecule has 150 valence electrons. The van der Waals surface area contributed by atoms with Gasteiger partial charge in [0.15, 0.2) is 0 Å². The second kappa shape index (κ2) is 7.99. The van der Waals surface area contributed by atoms with Crippen LogP contribution in [0, 0.1) is 0 Å². The molecule has 0 atom stereocenters. The number of hydrogen-bond acceptors (Lipinski definition) is 4. The predicted molar refractivity (Wildman–Crippen MR) is 118 cm³/mol. The average molecular weight is 397 g/mol. The van der Waals surface area contributed by atoms with Crippen molar-refractivity contribution in [1.82, 2.24) is 20.1 Å². The molecule has 2 aromatic heterocycles. The lowest BCUT2D eigenvalue weighted by Crippen LogP contribution is -2.25. The summed E-state index contributed by atoms with van der Waals surface area (Å²) in [5, 5.41) is 11.8. The molecule has 0 aliphatic heterocycles. The Labute approximate surface area is 174 Å². The van der Waals surface area contributed by atoms with E-state index in [9.17, 15) is 4.79 Å². The molecular weight excluding hydrogens is 374 g/mol. The largest absolute Gasteiger partial charge is 0.370 e. The molecule has 0 bridgehead atoms. The molecule has 5 rings (SSSR count). The highest BCUT2D eigenvalue weighted by atomic mass is 16.1. The lowest BCUT2D eigenvalue weighted by Gasteiger charge is -2.11. The number of carbonyl (C=O) groups is 1. The summed E-state index contributed by atoms with van der Waals surface area (Å²) in [6, 6.07) is 20.0. The summed E-state index contributed by atoms with van der Waals surface area (Å²) in [5.41, 5.74) is 3.67. The molecule has 1 amide bonds. The van der Waals surface area contributed by atoms with Crippen molar-refractivity contribution in [3.05, 3.63) is 84.2 Å². The van der Waals surface area contributed by atoms with Crippen LogP contribution in [0.2, 0.25) is 0 Å². The number of amides is 1. The van der Waals surface area contributed by atoms with Crippen molar-refractivity contribution in [3.63, 3.8) is 0 Å². The number of nitrogens with one attached hydrogen (secondary N) is 2. The highest BCUT2D eigenvalue weighted by Gasteiger charge is 2.25. The zero-order valence-electron chi connectivity index (χ0n) is 16.6. The Balaban J connectivity index is 1.30. The Morgan fingerprint density at radius 3 is 2.70 bits per heavy atom. The minimum Gasteiger partial charge on any atom is -0.370 e. The maximum Gasteiger partial charge on any atom is 0.252 e. The molecule has 0 spiro atoms. The summed E-state index contributed by atoms with van der Waals surface area (Å²) in [4.78, 5) is 17.4.